The number of anilines is 2. The number of fused-ring (bicyclic) bond motifs is 2. The average molecular weight is 497 g/mol. The lowest BCUT2D eigenvalue weighted by atomic mass is 9.81. The van der Waals surface area contributed by atoms with Crippen molar-refractivity contribution in [2.45, 2.75) is 30.0 Å². The van der Waals surface area contributed by atoms with Gasteiger partial charge < -0.3 is 5.32 Å². The number of nitro groups is 1. The molecule has 1 aliphatic heterocycles. The number of thiazole rings is 1. The number of aromatic nitrogens is 1. The van der Waals surface area contributed by atoms with E-state index in [1.54, 1.807) is 12.1 Å². The van der Waals surface area contributed by atoms with Gasteiger partial charge in [-0.25, -0.2) is 4.98 Å². The highest BCUT2D eigenvalue weighted by Gasteiger charge is 2.48. The van der Waals surface area contributed by atoms with Gasteiger partial charge in [-0.05, 0) is 43.2 Å². The van der Waals surface area contributed by atoms with Crippen LogP contribution in [-0.4, -0.2) is 33.4 Å². The Morgan fingerprint density at radius 3 is 2.44 bits per heavy atom. The van der Waals surface area contributed by atoms with Crippen LogP contribution >= 0.6 is 23.1 Å². The fourth-order valence-corrected chi connectivity index (χ4v) is 6.40. The lowest BCUT2D eigenvalue weighted by Crippen LogP contribution is -2.30. The van der Waals surface area contributed by atoms with Crippen molar-refractivity contribution in [3.63, 3.8) is 0 Å². The minimum atomic E-state index is -0.497. The maximum absolute atomic E-state index is 12.9. The van der Waals surface area contributed by atoms with Crippen molar-refractivity contribution in [2.24, 2.45) is 11.8 Å². The van der Waals surface area contributed by atoms with E-state index in [1.165, 1.54) is 52.3 Å². The molecule has 1 aliphatic carbocycles. The van der Waals surface area contributed by atoms with Crippen molar-refractivity contribution >= 4 is 68.1 Å². The van der Waals surface area contributed by atoms with Gasteiger partial charge in [0.15, 0.2) is 4.34 Å². The third kappa shape index (κ3) is 4.28. The Labute approximate surface area is 202 Å². The van der Waals surface area contributed by atoms with Crippen LogP contribution in [0.5, 0.6) is 0 Å². The number of carbonyl (C=O) groups excluding carboxylic acids is 3. The first kappa shape index (κ1) is 22.5. The van der Waals surface area contributed by atoms with E-state index in [2.05, 4.69) is 10.3 Å². The van der Waals surface area contributed by atoms with Crippen LogP contribution in [0.1, 0.15) is 25.7 Å². The molecule has 11 heteroatoms. The molecule has 2 heterocycles. The minimum Gasteiger partial charge on any atom is -0.325 e. The highest BCUT2D eigenvalue weighted by Crippen LogP contribution is 2.41. The highest BCUT2D eigenvalue weighted by atomic mass is 32.2. The molecular formula is C23H20N4O5S2. The van der Waals surface area contributed by atoms with Crippen molar-refractivity contribution in [1.82, 2.24) is 4.98 Å². The first-order chi connectivity index (χ1) is 16.4. The van der Waals surface area contributed by atoms with Crippen LogP contribution < -0.4 is 10.2 Å². The number of imide groups is 1. The Kier molecular flexibility index (Phi) is 6.05. The minimum absolute atomic E-state index is 0.0442. The molecule has 0 bridgehead atoms. The summed E-state index contributed by atoms with van der Waals surface area (Å²) in [7, 11) is 0. The number of thioether (sulfide) groups is 1. The molecule has 1 saturated carbocycles. The molecule has 174 valence electrons. The smallest absolute Gasteiger partial charge is 0.269 e. The molecule has 1 N–H and O–H groups in total. The van der Waals surface area contributed by atoms with E-state index in [0.29, 0.717) is 15.7 Å². The topological polar surface area (TPSA) is 123 Å². The normalized spacial score (nSPS) is 19.9. The van der Waals surface area contributed by atoms with Crippen molar-refractivity contribution in [3.05, 3.63) is 52.6 Å². The predicted octanol–water partition coefficient (Wildman–Crippen LogP) is 4.61. The van der Waals surface area contributed by atoms with E-state index in [0.717, 1.165) is 35.9 Å². The van der Waals surface area contributed by atoms with Crippen LogP contribution in [0.25, 0.3) is 10.2 Å². The third-order valence-corrected chi connectivity index (χ3v) is 8.30. The van der Waals surface area contributed by atoms with Crippen LogP contribution in [0.15, 0.2) is 46.8 Å². The molecule has 0 unspecified atom stereocenters. The van der Waals surface area contributed by atoms with Crippen LogP contribution in [0, 0.1) is 22.0 Å². The fraction of sp³-hybridized carbons (Fsp3) is 0.304. The lowest BCUT2D eigenvalue weighted by molar-refractivity contribution is -0.384. The van der Waals surface area contributed by atoms with Crippen LogP contribution in [0.4, 0.5) is 17.1 Å². The van der Waals surface area contributed by atoms with E-state index in [-0.39, 0.29) is 41.0 Å². The highest BCUT2D eigenvalue weighted by molar-refractivity contribution is 8.01. The number of nitro benzene ring substituents is 1. The first-order valence-electron chi connectivity index (χ1n) is 10.9. The molecule has 2 aromatic carbocycles. The molecule has 2 aliphatic rings. The van der Waals surface area contributed by atoms with Gasteiger partial charge in [-0.15, -0.1) is 11.3 Å². The summed E-state index contributed by atoms with van der Waals surface area (Å²) in [5.41, 5.74) is 1.75. The fourth-order valence-electron chi connectivity index (χ4n) is 4.50. The van der Waals surface area contributed by atoms with Gasteiger partial charge in [0.25, 0.3) is 5.69 Å². The molecule has 34 heavy (non-hydrogen) atoms. The van der Waals surface area contributed by atoms with Gasteiger partial charge in [-0.3, -0.25) is 29.4 Å². The van der Waals surface area contributed by atoms with Gasteiger partial charge in [-0.2, -0.15) is 0 Å². The molecule has 0 spiro atoms. The second kappa shape index (κ2) is 9.15. The number of non-ortho nitro benzene ring substituents is 1. The standard InChI is InChI=1S/C23H20N4O5S2/c28-20(24-13-5-7-14(8-6-13)27(31)32)12-33-23-25-18-10-9-15(11-19(18)34-23)26-21(29)16-3-1-2-4-17(16)22(26)30/h5-11,16-17H,1-4,12H2,(H,24,28)/t16-,17-/m1/s1. The molecule has 2 atom stereocenters. The molecular weight excluding hydrogens is 476 g/mol. The second-order valence-corrected chi connectivity index (χ2v) is 10.5. The molecule has 9 nitrogen and oxygen atoms in total. The van der Waals surface area contributed by atoms with Gasteiger partial charge in [0.05, 0.1) is 38.4 Å². The van der Waals surface area contributed by atoms with Gasteiger partial charge in [0, 0.05) is 17.8 Å². The summed E-state index contributed by atoms with van der Waals surface area (Å²) in [5.74, 6) is -0.727. The van der Waals surface area contributed by atoms with Crippen LogP contribution in [-0.2, 0) is 14.4 Å². The zero-order chi connectivity index (χ0) is 23.8. The number of hydrogen-bond acceptors (Lipinski definition) is 8. The quantitative estimate of drug-likeness (QED) is 0.229. The Bertz CT molecular complexity index is 1280. The number of carbonyl (C=O) groups is 3. The summed E-state index contributed by atoms with van der Waals surface area (Å²) in [6, 6.07) is 11.0. The largest absolute Gasteiger partial charge is 0.325 e. The van der Waals surface area contributed by atoms with E-state index < -0.39 is 4.92 Å². The average Bonchev–Trinajstić information content (AvgIpc) is 3.36. The second-order valence-electron chi connectivity index (χ2n) is 8.28. The molecule has 1 saturated heterocycles. The Morgan fingerprint density at radius 2 is 1.79 bits per heavy atom. The Hall–Kier alpha value is -3.31. The molecule has 3 aromatic rings. The van der Waals surface area contributed by atoms with Crippen LogP contribution in [0.2, 0.25) is 0 Å². The molecule has 3 amide bonds. The molecule has 5 rings (SSSR count). The number of benzene rings is 2. The maximum Gasteiger partial charge on any atom is 0.269 e. The SMILES string of the molecule is O=C(CSc1nc2ccc(N3C(=O)[C@@H]4CCCC[C@H]4C3=O)cc2s1)Nc1ccc([N+](=O)[O-])cc1. The molecule has 0 radical (unpaired) electrons. The summed E-state index contributed by atoms with van der Waals surface area (Å²) < 4.78 is 1.53. The number of rotatable bonds is 6. The number of hydrogen-bond donors (Lipinski definition) is 1. The van der Waals surface area contributed by atoms with Gasteiger partial charge in [0.1, 0.15) is 0 Å². The number of nitrogens with one attached hydrogen (secondary N) is 1. The number of nitrogens with zero attached hydrogens (tertiary/aromatic N) is 3. The van der Waals surface area contributed by atoms with Gasteiger partial charge in [-0.1, -0.05) is 24.6 Å². The van der Waals surface area contributed by atoms with Crippen LogP contribution in [0.3, 0.4) is 0 Å². The summed E-state index contributed by atoms with van der Waals surface area (Å²) >= 11 is 2.68. The Morgan fingerprint density at radius 1 is 1.12 bits per heavy atom. The Balaban J connectivity index is 1.25. The van der Waals surface area contributed by atoms with Crippen molar-refractivity contribution in [1.29, 1.82) is 0 Å². The van der Waals surface area contributed by atoms with Crippen molar-refractivity contribution in [2.75, 3.05) is 16.0 Å². The van der Waals surface area contributed by atoms with Gasteiger partial charge in [0.2, 0.25) is 17.7 Å². The van der Waals surface area contributed by atoms with Crippen molar-refractivity contribution < 1.29 is 19.3 Å². The monoisotopic (exact) mass is 496 g/mol. The zero-order valence-corrected chi connectivity index (χ0v) is 19.6. The number of amides is 3. The summed E-state index contributed by atoms with van der Waals surface area (Å²) in [4.78, 5) is 54.1. The summed E-state index contributed by atoms with van der Waals surface area (Å²) in [6.45, 7) is 0. The summed E-state index contributed by atoms with van der Waals surface area (Å²) in [5, 5.41) is 13.4. The van der Waals surface area contributed by atoms with Crippen molar-refractivity contribution in [3.8, 4) is 0 Å². The predicted molar refractivity (Wildman–Crippen MR) is 130 cm³/mol. The molecule has 1 aromatic heterocycles. The first-order valence-corrected chi connectivity index (χ1v) is 12.7. The van der Waals surface area contributed by atoms with Gasteiger partial charge >= 0.3 is 0 Å². The lowest BCUT2D eigenvalue weighted by Gasteiger charge is -2.19. The van der Waals surface area contributed by atoms with E-state index >= 15 is 0 Å². The van der Waals surface area contributed by atoms with E-state index in [9.17, 15) is 24.5 Å². The summed E-state index contributed by atoms with van der Waals surface area (Å²) in [6.07, 6.45) is 3.52. The van der Waals surface area contributed by atoms with E-state index in [4.69, 9.17) is 0 Å². The zero-order valence-electron chi connectivity index (χ0n) is 17.9. The molecule has 2 fully saturated rings. The van der Waals surface area contributed by atoms with E-state index in [1.807, 2.05) is 6.07 Å². The maximum atomic E-state index is 12.9. The third-order valence-electron chi connectivity index (χ3n) is 6.14.